The van der Waals surface area contributed by atoms with Crippen LogP contribution in [0.1, 0.15) is 31.9 Å². The molecule has 3 amide bonds. The molecule has 2 rings (SSSR count). The number of hydrogen-bond acceptors (Lipinski definition) is 3. The Labute approximate surface area is 121 Å². The molecule has 0 aromatic heterocycles. The van der Waals surface area contributed by atoms with Crippen LogP contribution in [0.3, 0.4) is 0 Å². The lowest BCUT2D eigenvalue weighted by Gasteiger charge is -2.21. The van der Waals surface area contributed by atoms with Gasteiger partial charge in [-0.2, -0.15) is 0 Å². The maximum Gasteiger partial charge on any atom is 0.325 e. The van der Waals surface area contributed by atoms with Crippen molar-refractivity contribution in [2.24, 2.45) is 5.73 Å². The van der Waals surface area contributed by atoms with E-state index in [4.69, 9.17) is 5.73 Å². The third kappa shape index (κ3) is 2.73. The number of carbonyl (C=O) groups excluding carboxylic acids is 2. The second kappa shape index (κ2) is 5.40. The Morgan fingerprint density at radius 3 is 2.52 bits per heavy atom. The first-order valence-electron chi connectivity index (χ1n) is 6.63. The van der Waals surface area contributed by atoms with Crippen LogP contribution in [0.25, 0.3) is 0 Å². The number of hydrogen-bond donors (Lipinski definition) is 2. The summed E-state index contributed by atoms with van der Waals surface area (Å²) in [5.74, 6) is -2.36. The van der Waals surface area contributed by atoms with Gasteiger partial charge in [0.15, 0.2) is 11.6 Å². The fourth-order valence-corrected chi connectivity index (χ4v) is 2.20. The van der Waals surface area contributed by atoms with Gasteiger partial charge in [-0.25, -0.2) is 13.6 Å². The van der Waals surface area contributed by atoms with E-state index in [2.05, 4.69) is 5.32 Å². The van der Waals surface area contributed by atoms with E-state index in [1.54, 1.807) is 13.8 Å². The number of halogens is 2. The monoisotopic (exact) mass is 297 g/mol. The van der Waals surface area contributed by atoms with E-state index in [-0.39, 0.29) is 12.5 Å². The van der Waals surface area contributed by atoms with Crippen LogP contribution in [0.4, 0.5) is 13.6 Å². The maximum absolute atomic E-state index is 13.2. The molecule has 0 radical (unpaired) electrons. The molecular formula is C14H17F2N3O2. The molecule has 2 unspecified atom stereocenters. The molecule has 1 saturated heterocycles. The van der Waals surface area contributed by atoms with Crippen LogP contribution in [-0.4, -0.2) is 28.9 Å². The van der Waals surface area contributed by atoms with Gasteiger partial charge < -0.3 is 11.1 Å². The molecule has 1 fully saturated rings. The van der Waals surface area contributed by atoms with Gasteiger partial charge in [0.1, 0.15) is 5.54 Å². The molecule has 0 aliphatic carbocycles. The summed E-state index contributed by atoms with van der Waals surface area (Å²) >= 11 is 0. The molecule has 1 aromatic rings. The average molecular weight is 297 g/mol. The Hall–Kier alpha value is -2.02. The van der Waals surface area contributed by atoms with Crippen LogP contribution in [0, 0.1) is 11.6 Å². The van der Waals surface area contributed by atoms with Gasteiger partial charge in [0.05, 0.1) is 0 Å². The highest BCUT2D eigenvalue weighted by Gasteiger charge is 2.46. The molecule has 7 heteroatoms. The van der Waals surface area contributed by atoms with Crippen molar-refractivity contribution in [2.75, 3.05) is 6.54 Å². The van der Waals surface area contributed by atoms with Crippen LogP contribution < -0.4 is 11.1 Å². The summed E-state index contributed by atoms with van der Waals surface area (Å²) in [7, 11) is 0. The predicted molar refractivity (Wildman–Crippen MR) is 72.2 cm³/mol. The van der Waals surface area contributed by atoms with Crippen molar-refractivity contribution in [2.45, 2.75) is 31.8 Å². The molecule has 5 nitrogen and oxygen atoms in total. The Kier molecular flexibility index (Phi) is 3.95. The van der Waals surface area contributed by atoms with Gasteiger partial charge in [-0.05, 0) is 31.0 Å². The molecule has 1 aliphatic rings. The fourth-order valence-electron chi connectivity index (χ4n) is 2.20. The summed E-state index contributed by atoms with van der Waals surface area (Å²) in [5, 5.41) is 2.60. The molecule has 3 N–H and O–H groups in total. The number of nitrogens with two attached hydrogens (primary N) is 1. The minimum absolute atomic E-state index is 0.0919. The van der Waals surface area contributed by atoms with E-state index in [9.17, 15) is 18.4 Å². The van der Waals surface area contributed by atoms with Gasteiger partial charge in [0.25, 0.3) is 5.91 Å². The van der Waals surface area contributed by atoms with Crippen molar-refractivity contribution < 1.29 is 18.4 Å². The number of carbonyl (C=O) groups is 2. The first-order chi connectivity index (χ1) is 9.78. The maximum atomic E-state index is 13.2. The van der Waals surface area contributed by atoms with E-state index in [1.165, 1.54) is 6.07 Å². The lowest BCUT2D eigenvalue weighted by Crippen LogP contribution is -2.43. The second-order valence-electron chi connectivity index (χ2n) is 5.31. The van der Waals surface area contributed by atoms with Crippen molar-refractivity contribution in [3.63, 3.8) is 0 Å². The third-order valence-corrected chi connectivity index (χ3v) is 3.80. The van der Waals surface area contributed by atoms with E-state index < -0.39 is 29.2 Å². The molecular weight excluding hydrogens is 280 g/mol. The molecule has 1 aromatic carbocycles. The fraction of sp³-hybridized carbons (Fsp3) is 0.429. The van der Waals surface area contributed by atoms with E-state index in [0.717, 1.165) is 17.0 Å². The van der Waals surface area contributed by atoms with Gasteiger partial charge in [-0.15, -0.1) is 0 Å². The number of nitrogens with one attached hydrogen (secondary N) is 1. The molecule has 114 valence electrons. The summed E-state index contributed by atoms with van der Waals surface area (Å²) in [6.07, 6.45) is 0.453. The lowest BCUT2D eigenvalue weighted by atomic mass is 9.99. The molecule has 2 atom stereocenters. The topological polar surface area (TPSA) is 75.4 Å². The second-order valence-corrected chi connectivity index (χ2v) is 5.31. The summed E-state index contributed by atoms with van der Waals surface area (Å²) in [6, 6.07) is 1.96. The summed E-state index contributed by atoms with van der Waals surface area (Å²) in [6.45, 7) is 3.33. The van der Waals surface area contributed by atoms with Crippen molar-refractivity contribution in [3.8, 4) is 0 Å². The standard InChI is InChI=1S/C14H17F2N3O2/c1-3-14(2)12(20)19(13(21)18-14)7-11(17)8-4-5-9(15)10(16)6-8/h4-6,11H,3,7,17H2,1-2H3,(H,18,21). The van der Waals surface area contributed by atoms with Crippen LogP contribution in [0.2, 0.25) is 0 Å². The Morgan fingerprint density at radius 1 is 1.33 bits per heavy atom. The molecule has 1 aliphatic heterocycles. The molecule has 21 heavy (non-hydrogen) atoms. The Morgan fingerprint density at radius 2 is 2.00 bits per heavy atom. The quantitative estimate of drug-likeness (QED) is 0.830. The van der Waals surface area contributed by atoms with Crippen molar-refractivity contribution in [1.82, 2.24) is 10.2 Å². The van der Waals surface area contributed by atoms with E-state index in [1.807, 2.05) is 0 Å². The van der Waals surface area contributed by atoms with Crippen molar-refractivity contribution >= 4 is 11.9 Å². The number of urea groups is 1. The number of nitrogens with zero attached hydrogens (tertiary/aromatic N) is 1. The normalized spacial score (nSPS) is 23.4. The highest BCUT2D eigenvalue weighted by atomic mass is 19.2. The van der Waals surface area contributed by atoms with Crippen LogP contribution >= 0.6 is 0 Å². The summed E-state index contributed by atoms with van der Waals surface area (Å²) in [5.41, 5.74) is 5.26. The molecule has 1 heterocycles. The van der Waals surface area contributed by atoms with E-state index >= 15 is 0 Å². The van der Waals surface area contributed by atoms with E-state index in [0.29, 0.717) is 12.0 Å². The predicted octanol–water partition coefficient (Wildman–Crippen LogP) is 1.69. The van der Waals surface area contributed by atoms with Crippen LogP contribution in [0.15, 0.2) is 18.2 Å². The average Bonchev–Trinajstić information content (AvgIpc) is 2.66. The highest BCUT2D eigenvalue weighted by molar-refractivity contribution is 6.06. The number of benzene rings is 1. The van der Waals surface area contributed by atoms with Gasteiger partial charge in [-0.1, -0.05) is 13.0 Å². The minimum Gasteiger partial charge on any atom is -0.323 e. The molecule has 0 bridgehead atoms. The summed E-state index contributed by atoms with van der Waals surface area (Å²) < 4.78 is 26.1. The smallest absolute Gasteiger partial charge is 0.323 e. The minimum atomic E-state index is -1.02. The zero-order chi connectivity index (χ0) is 15.8. The van der Waals surface area contributed by atoms with Gasteiger partial charge in [0.2, 0.25) is 0 Å². The van der Waals surface area contributed by atoms with Gasteiger partial charge >= 0.3 is 6.03 Å². The first kappa shape index (κ1) is 15.4. The molecule has 0 saturated carbocycles. The Bertz CT molecular complexity index is 594. The Balaban J connectivity index is 2.16. The number of amides is 3. The lowest BCUT2D eigenvalue weighted by molar-refractivity contribution is -0.131. The van der Waals surface area contributed by atoms with Crippen LogP contribution in [0.5, 0.6) is 0 Å². The third-order valence-electron chi connectivity index (χ3n) is 3.80. The SMILES string of the molecule is CCC1(C)NC(=O)N(CC(N)c2ccc(F)c(F)c2)C1=O. The highest BCUT2D eigenvalue weighted by Crippen LogP contribution is 2.23. The first-order valence-corrected chi connectivity index (χ1v) is 6.63. The zero-order valence-corrected chi connectivity index (χ0v) is 11.8. The number of rotatable bonds is 4. The summed E-state index contributed by atoms with van der Waals surface area (Å²) in [4.78, 5) is 25.1. The van der Waals surface area contributed by atoms with Gasteiger partial charge in [0, 0.05) is 12.6 Å². The zero-order valence-electron chi connectivity index (χ0n) is 11.8. The van der Waals surface area contributed by atoms with Crippen molar-refractivity contribution in [1.29, 1.82) is 0 Å². The largest absolute Gasteiger partial charge is 0.325 e. The molecule has 0 spiro atoms. The van der Waals surface area contributed by atoms with Crippen molar-refractivity contribution in [3.05, 3.63) is 35.4 Å². The number of imide groups is 1. The van der Waals surface area contributed by atoms with Gasteiger partial charge in [-0.3, -0.25) is 9.69 Å². The van der Waals surface area contributed by atoms with Crippen LogP contribution in [-0.2, 0) is 4.79 Å².